The summed E-state index contributed by atoms with van der Waals surface area (Å²) >= 11 is 0. The van der Waals surface area contributed by atoms with Gasteiger partial charge in [0.15, 0.2) is 0 Å². The SMILES string of the molecule is CC1(C)OB(c2ccc(CC3(C#N)CCN(C(=O)O)CC3)cc2)OC1(C)C. The van der Waals surface area contributed by atoms with Crippen LogP contribution in [0.3, 0.4) is 0 Å². The van der Waals surface area contributed by atoms with E-state index in [0.29, 0.717) is 32.4 Å². The number of carbonyl (C=O) groups is 1. The Hall–Kier alpha value is -2.04. The van der Waals surface area contributed by atoms with Gasteiger partial charge in [0.25, 0.3) is 0 Å². The van der Waals surface area contributed by atoms with Crippen LogP contribution < -0.4 is 5.46 Å². The molecule has 2 fully saturated rings. The molecule has 2 saturated heterocycles. The van der Waals surface area contributed by atoms with Gasteiger partial charge in [0.2, 0.25) is 0 Å². The Labute approximate surface area is 161 Å². The quantitative estimate of drug-likeness (QED) is 0.828. The van der Waals surface area contributed by atoms with Crippen LogP contribution in [0.15, 0.2) is 24.3 Å². The second kappa shape index (κ2) is 6.85. The molecule has 0 bridgehead atoms. The molecule has 7 heteroatoms. The molecule has 144 valence electrons. The van der Waals surface area contributed by atoms with Crippen LogP contribution in [0, 0.1) is 16.7 Å². The highest BCUT2D eigenvalue weighted by molar-refractivity contribution is 6.62. The lowest BCUT2D eigenvalue weighted by Gasteiger charge is -2.36. The minimum Gasteiger partial charge on any atom is -0.465 e. The van der Waals surface area contributed by atoms with Gasteiger partial charge in [0.05, 0.1) is 22.7 Å². The summed E-state index contributed by atoms with van der Waals surface area (Å²) in [5.41, 5.74) is 0.779. The minimum atomic E-state index is -0.909. The first-order valence-electron chi connectivity index (χ1n) is 9.41. The van der Waals surface area contributed by atoms with Crippen LogP contribution in [-0.2, 0) is 15.7 Å². The zero-order chi connectivity index (χ0) is 19.9. The number of likely N-dealkylation sites (tertiary alicyclic amines) is 1. The fraction of sp³-hybridized carbons (Fsp3) is 0.600. The van der Waals surface area contributed by atoms with Crippen LogP contribution in [-0.4, -0.2) is 47.5 Å². The Morgan fingerprint density at radius 3 is 2.11 bits per heavy atom. The fourth-order valence-corrected chi connectivity index (χ4v) is 3.62. The monoisotopic (exact) mass is 370 g/mol. The van der Waals surface area contributed by atoms with E-state index in [2.05, 4.69) is 6.07 Å². The third-order valence-corrected chi connectivity index (χ3v) is 6.28. The van der Waals surface area contributed by atoms with Crippen molar-refractivity contribution in [1.29, 1.82) is 5.26 Å². The Bertz CT molecular complexity index is 730. The maximum Gasteiger partial charge on any atom is 0.494 e. The number of nitrogens with zero attached hydrogens (tertiary/aromatic N) is 2. The van der Waals surface area contributed by atoms with Crippen LogP contribution in [0.2, 0.25) is 0 Å². The van der Waals surface area contributed by atoms with E-state index >= 15 is 0 Å². The molecule has 1 aromatic carbocycles. The molecule has 1 aromatic rings. The van der Waals surface area contributed by atoms with Crippen LogP contribution in [0.4, 0.5) is 4.79 Å². The van der Waals surface area contributed by atoms with Crippen LogP contribution in [0.5, 0.6) is 0 Å². The van der Waals surface area contributed by atoms with Crippen molar-refractivity contribution in [3.8, 4) is 6.07 Å². The van der Waals surface area contributed by atoms with E-state index in [4.69, 9.17) is 14.4 Å². The number of hydrogen-bond donors (Lipinski definition) is 1. The van der Waals surface area contributed by atoms with Crippen molar-refractivity contribution >= 4 is 18.7 Å². The van der Waals surface area contributed by atoms with Gasteiger partial charge in [-0.25, -0.2) is 4.79 Å². The number of piperidine rings is 1. The zero-order valence-corrected chi connectivity index (χ0v) is 16.5. The number of amides is 1. The van der Waals surface area contributed by atoms with Gasteiger partial charge in [-0.05, 0) is 58.0 Å². The second-order valence-electron chi connectivity index (χ2n) is 8.67. The summed E-state index contributed by atoms with van der Waals surface area (Å²) < 4.78 is 12.2. The normalized spacial score (nSPS) is 23.1. The van der Waals surface area contributed by atoms with Crippen molar-refractivity contribution in [3.05, 3.63) is 29.8 Å². The smallest absolute Gasteiger partial charge is 0.465 e. The van der Waals surface area contributed by atoms with Crippen molar-refractivity contribution in [2.24, 2.45) is 5.41 Å². The lowest BCUT2D eigenvalue weighted by atomic mass is 9.74. The standard InChI is InChI=1S/C20H27BN2O4/c1-18(2)19(3,4)27-21(26-18)16-7-5-15(6-8-16)13-20(14-22)9-11-23(12-10-20)17(24)25/h5-8H,9-13H2,1-4H3,(H,24,25). The number of benzene rings is 1. The van der Waals surface area contributed by atoms with E-state index in [1.54, 1.807) is 0 Å². The highest BCUT2D eigenvalue weighted by Gasteiger charge is 2.51. The van der Waals surface area contributed by atoms with E-state index in [0.717, 1.165) is 11.0 Å². The summed E-state index contributed by atoms with van der Waals surface area (Å²) in [7, 11) is -0.396. The summed E-state index contributed by atoms with van der Waals surface area (Å²) in [5, 5.41) is 18.8. The highest BCUT2D eigenvalue weighted by atomic mass is 16.7. The van der Waals surface area contributed by atoms with Crippen LogP contribution in [0.1, 0.15) is 46.1 Å². The van der Waals surface area contributed by atoms with Crippen LogP contribution >= 0.6 is 0 Å². The number of nitriles is 1. The summed E-state index contributed by atoms with van der Waals surface area (Å²) in [6, 6.07) is 10.5. The molecule has 0 unspecified atom stereocenters. The van der Waals surface area contributed by atoms with Gasteiger partial charge in [0.1, 0.15) is 0 Å². The molecule has 0 saturated carbocycles. The average Bonchev–Trinajstić information content (AvgIpc) is 2.83. The Morgan fingerprint density at radius 1 is 1.15 bits per heavy atom. The summed E-state index contributed by atoms with van der Waals surface area (Å²) in [4.78, 5) is 12.5. The molecule has 6 nitrogen and oxygen atoms in total. The van der Waals surface area contributed by atoms with Crippen molar-refractivity contribution in [2.45, 2.75) is 58.2 Å². The van der Waals surface area contributed by atoms with E-state index in [1.807, 2.05) is 52.0 Å². The van der Waals surface area contributed by atoms with E-state index in [9.17, 15) is 10.1 Å². The predicted molar refractivity (Wildman–Crippen MR) is 103 cm³/mol. The largest absolute Gasteiger partial charge is 0.494 e. The Morgan fingerprint density at radius 2 is 1.67 bits per heavy atom. The first kappa shape index (κ1) is 19.7. The molecule has 1 amide bonds. The molecule has 0 aliphatic carbocycles. The molecular formula is C20H27BN2O4. The average molecular weight is 370 g/mol. The molecule has 0 radical (unpaired) electrons. The Kier molecular flexibility index (Phi) is 5.00. The van der Waals surface area contributed by atoms with Crippen LogP contribution in [0.25, 0.3) is 0 Å². The molecular weight excluding hydrogens is 343 g/mol. The van der Waals surface area contributed by atoms with E-state index in [1.165, 1.54) is 4.90 Å². The molecule has 2 heterocycles. The summed E-state index contributed by atoms with van der Waals surface area (Å²) in [6.07, 6.45) is 0.845. The lowest BCUT2D eigenvalue weighted by Crippen LogP contribution is -2.43. The van der Waals surface area contributed by atoms with E-state index < -0.39 is 18.6 Å². The van der Waals surface area contributed by atoms with Gasteiger partial charge in [-0.15, -0.1) is 0 Å². The van der Waals surface area contributed by atoms with E-state index in [-0.39, 0.29) is 11.2 Å². The van der Waals surface area contributed by atoms with Crippen molar-refractivity contribution in [3.63, 3.8) is 0 Å². The number of rotatable bonds is 3. The maximum absolute atomic E-state index is 11.1. The van der Waals surface area contributed by atoms with Crippen molar-refractivity contribution < 1.29 is 19.2 Å². The van der Waals surface area contributed by atoms with Gasteiger partial charge in [0, 0.05) is 13.1 Å². The molecule has 0 atom stereocenters. The van der Waals surface area contributed by atoms with Crippen molar-refractivity contribution in [2.75, 3.05) is 13.1 Å². The third kappa shape index (κ3) is 3.83. The highest BCUT2D eigenvalue weighted by Crippen LogP contribution is 2.37. The summed E-state index contributed by atoms with van der Waals surface area (Å²) in [6.45, 7) is 8.94. The minimum absolute atomic E-state index is 0.376. The Balaban J connectivity index is 1.68. The molecule has 27 heavy (non-hydrogen) atoms. The second-order valence-corrected chi connectivity index (χ2v) is 8.67. The van der Waals surface area contributed by atoms with Gasteiger partial charge in [-0.3, -0.25) is 0 Å². The van der Waals surface area contributed by atoms with Crippen molar-refractivity contribution in [1.82, 2.24) is 4.90 Å². The number of carboxylic acid groups (broad SMARTS) is 1. The molecule has 2 aliphatic rings. The topological polar surface area (TPSA) is 82.8 Å². The molecule has 2 aliphatic heterocycles. The first-order chi connectivity index (χ1) is 12.6. The summed E-state index contributed by atoms with van der Waals surface area (Å²) in [5.74, 6) is 0. The number of hydrogen-bond acceptors (Lipinski definition) is 4. The van der Waals surface area contributed by atoms with Gasteiger partial charge >= 0.3 is 13.2 Å². The third-order valence-electron chi connectivity index (χ3n) is 6.28. The van der Waals surface area contributed by atoms with Gasteiger partial charge in [-0.2, -0.15) is 5.26 Å². The predicted octanol–water partition coefficient (Wildman–Crippen LogP) is 2.81. The molecule has 0 aromatic heterocycles. The maximum atomic E-state index is 11.1. The molecule has 1 N–H and O–H groups in total. The lowest BCUT2D eigenvalue weighted by molar-refractivity contribution is 0.00578. The molecule has 0 spiro atoms. The van der Waals surface area contributed by atoms with Gasteiger partial charge in [-0.1, -0.05) is 24.3 Å². The molecule has 3 rings (SSSR count). The zero-order valence-electron chi connectivity index (χ0n) is 16.5. The first-order valence-corrected chi connectivity index (χ1v) is 9.41. The van der Waals surface area contributed by atoms with Gasteiger partial charge < -0.3 is 19.3 Å². The fourth-order valence-electron chi connectivity index (χ4n) is 3.62.